The molecule has 1 aliphatic rings. The number of nitrogens with zero attached hydrogens (tertiary/aromatic N) is 3. The van der Waals surface area contributed by atoms with Gasteiger partial charge in [-0.05, 0) is 56.3 Å². The van der Waals surface area contributed by atoms with Crippen LogP contribution in [-0.4, -0.2) is 24.6 Å². The van der Waals surface area contributed by atoms with Gasteiger partial charge in [-0.2, -0.15) is 4.57 Å². The van der Waals surface area contributed by atoms with E-state index in [0.29, 0.717) is 11.1 Å². The summed E-state index contributed by atoms with van der Waals surface area (Å²) in [5.74, 6) is 0.719. The SMILES string of the molecule is CCn1c(=O)/c(=C/C=C2\Sc3ccccc3N2C)s/c1=C/c1oc2ccccc2[n+]1C.Cc1ccc(S(=O)(=O)[O-])cc1. The normalized spacial score (nSPS) is 14.9. The fourth-order valence-electron chi connectivity index (χ4n) is 4.43. The molecule has 0 saturated heterocycles. The van der Waals surface area contributed by atoms with Crippen LogP contribution in [0.1, 0.15) is 18.4 Å². The summed E-state index contributed by atoms with van der Waals surface area (Å²) < 4.78 is 42.6. The molecule has 2 aromatic heterocycles. The first-order valence-electron chi connectivity index (χ1n) is 13.1. The van der Waals surface area contributed by atoms with E-state index in [1.54, 1.807) is 28.5 Å². The maximum atomic E-state index is 13.0. The maximum Gasteiger partial charge on any atom is 0.376 e. The van der Waals surface area contributed by atoms with Gasteiger partial charge in [0.2, 0.25) is 5.58 Å². The first-order chi connectivity index (χ1) is 20.1. The molecule has 0 saturated carbocycles. The van der Waals surface area contributed by atoms with Gasteiger partial charge in [-0.15, -0.1) is 11.3 Å². The molecule has 3 heterocycles. The highest BCUT2D eigenvalue weighted by Gasteiger charge is 2.21. The second kappa shape index (κ2) is 12.1. The minimum Gasteiger partial charge on any atom is -0.744 e. The molecule has 6 rings (SSSR count). The number of para-hydroxylation sites is 3. The van der Waals surface area contributed by atoms with Crippen molar-refractivity contribution in [2.45, 2.75) is 30.2 Å². The zero-order valence-electron chi connectivity index (χ0n) is 23.5. The molecule has 0 N–H and O–H groups in total. The van der Waals surface area contributed by atoms with E-state index in [1.807, 2.05) is 80.1 Å². The van der Waals surface area contributed by atoms with E-state index in [1.165, 1.54) is 34.1 Å². The largest absolute Gasteiger partial charge is 0.744 e. The number of fused-ring (bicyclic) bond motifs is 2. The number of hydrogen-bond donors (Lipinski definition) is 0. The van der Waals surface area contributed by atoms with Crippen LogP contribution in [0.25, 0.3) is 23.3 Å². The fourth-order valence-corrected chi connectivity index (χ4v) is 6.99. The highest BCUT2D eigenvalue weighted by Crippen LogP contribution is 2.44. The van der Waals surface area contributed by atoms with Crippen molar-refractivity contribution in [1.29, 1.82) is 0 Å². The van der Waals surface area contributed by atoms with E-state index < -0.39 is 10.1 Å². The maximum absolute atomic E-state index is 13.0. The molecular formula is C31H29N3O5S3. The fraction of sp³-hybridized carbons (Fsp3) is 0.161. The predicted octanol–water partition coefficient (Wildman–Crippen LogP) is 4.09. The number of aryl methyl sites for hydroxylation is 2. The number of hydrogen-bond acceptors (Lipinski definition) is 8. The highest BCUT2D eigenvalue weighted by atomic mass is 32.2. The van der Waals surface area contributed by atoms with E-state index in [9.17, 15) is 17.8 Å². The summed E-state index contributed by atoms with van der Waals surface area (Å²) in [4.78, 5) is 16.2. The van der Waals surface area contributed by atoms with Crippen molar-refractivity contribution in [3.63, 3.8) is 0 Å². The first-order valence-corrected chi connectivity index (χ1v) is 16.1. The van der Waals surface area contributed by atoms with Gasteiger partial charge >= 0.3 is 5.89 Å². The molecule has 42 heavy (non-hydrogen) atoms. The van der Waals surface area contributed by atoms with Crippen molar-refractivity contribution < 1.29 is 22.0 Å². The molecule has 0 atom stereocenters. The Hall–Kier alpha value is -3.90. The number of thioether (sulfide) groups is 1. The number of benzene rings is 3. The van der Waals surface area contributed by atoms with Gasteiger partial charge < -0.3 is 13.9 Å². The molecule has 1 aliphatic heterocycles. The average molecular weight is 620 g/mol. The Labute approximate surface area is 251 Å². The third-order valence-electron chi connectivity index (χ3n) is 6.73. The molecular weight excluding hydrogens is 591 g/mol. The summed E-state index contributed by atoms with van der Waals surface area (Å²) in [5, 5.41) is 1.10. The summed E-state index contributed by atoms with van der Waals surface area (Å²) in [6, 6.07) is 22.0. The van der Waals surface area contributed by atoms with Crippen molar-refractivity contribution in [3.05, 3.63) is 115 Å². The number of anilines is 1. The van der Waals surface area contributed by atoms with Crippen LogP contribution < -0.4 is 24.2 Å². The zero-order chi connectivity index (χ0) is 30.0. The van der Waals surface area contributed by atoms with Crippen LogP contribution in [-0.2, 0) is 23.7 Å². The second-order valence-corrected chi connectivity index (χ2v) is 13.0. The summed E-state index contributed by atoms with van der Waals surface area (Å²) in [6.45, 7) is 4.42. The standard InChI is InChI=1S/C24H22N3O2S2.C7H8O3S/c1-4-27-23(15-21-25(2)16-9-5-7-11-18(16)29-21)31-20(24(27)28)13-14-22-26(3)17-10-6-8-12-19(17)30-22;1-6-2-4-7(5-3-6)11(8,9)10/h5-15H,4H2,1-3H3;2-5H,1H3,(H,8,9,10)/q+1;/p-1/b20-13-,22-14-;. The van der Waals surface area contributed by atoms with Gasteiger partial charge in [-0.3, -0.25) is 9.36 Å². The second-order valence-electron chi connectivity index (χ2n) is 9.53. The zero-order valence-corrected chi connectivity index (χ0v) is 25.9. The summed E-state index contributed by atoms with van der Waals surface area (Å²) >= 11 is 3.20. The lowest BCUT2D eigenvalue weighted by Crippen LogP contribution is -2.33. The van der Waals surface area contributed by atoms with Crippen LogP contribution in [0.5, 0.6) is 0 Å². The van der Waals surface area contributed by atoms with Gasteiger partial charge in [-0.25, -0.2) is 8.42 Å². The third-order valence-corrected chi connectivity index (χ3v) is 9.84. The Balaban J connectivity index is 0.000000271. The van der Waals surface area contributed by atoms with E-state index in [2.05, 4.69) is 24.1 Å². The molecule has 0 fully saturated rings. The molecule has 0 amide bonds. The first kappa shape index (κ1) is 29.6. The quantitative estimate of drug-likeness (QED) is 0.221. The summed E-state index contributed by atoms with van der Waals surface area (Å²) in [6.07, 6.45) is 5.91. The van der Waals surface area contributed by atoms with Gasteiger partial charge in [0.15, 0.2) is 0 Å². The van der Waals surface area contributed by atoms with Gasteiger partial charge in [0.25, 0.3) is 11.1 Å². The Morgan fingerprint density at radius 3 is 2.36 bits per heavy atom. The molecule has 0 bridgehead atoms. The van der Waals surface area contributed by atoms with Crippen LogP contribution in [0.3, 0.4) is 0 Å². The van der Waals surface area contributed by atoms with Gasteiger partial charge in [0.1, 0.15) is 21.8 Å². The Morgan fingerprint density at radius 2 is 1.69 bits per heavy atom. The number of aromatic nitrogens is 2. The van der Waals surface area contributed by atoms with Crippen molar-refractivity contribution >= 4 is 62.2 Å². The minimum absolute atomic E-state index is 0.0255. The van der Waals surface area contributed by atoms with Crippen LogP contribution in [0, 0.1) is 6.92 Å². The minimum atomic E-state index is -4.27. The Kier molecular flexibility index (Phi) is 8.55. The van der Waals surface area contributed by atoms with Crippen LogP contribution >= 0.6 is 23.1 Å². The van der Waals surface area contributed by atoms with Crippen molar-refractivity contribution in [2.24, 2.45) is 7.05 Å². The smallest absolute Gasteiger partial charge is 0.376 e. The van der Waals surface area contributed by atoms with Crippen molar-refractivity contribution in [1.82, 2.24) is 4.57 Å². The van der Waals surface area contributed by atoms with E-state index in [4.69, 9.17) is 4.42 Å². The topological polar surface area (TPSA) is 99.5 Å². The van der Waals surface area contributed by atoms with Crippen molar-refractivity contribution in [2.75, 3.05) is 11.9 Å². The summed E-state index contributed by atoms with van der Waals surface area (Å²) in [5.41, 5.74) is 3.99. The molecule has 0 spiro atoms. The molecule has 11 heteroatoms. The number of thiazole rings is 1. The molecule has 8 nitrogen and oxygen atoms in total. The molecule has 0 unspecified atom stereocenters. The van der Waals surface area contributed by atoms with E-state index in [-0.39, 0.29) is 10.5 Å². The number of rotatable bonds is 4. The third kappa shape index (κ3) is 6.14. The highest BCUT2D eigenvalue weighted by molar-refractivity contribution is 8.03. The van der Waals surface area contributed by atoms with Crippen molar-refractivity contribution in [3.8, 4) is 0 Å². The lowest BCUT2D eigenvalue weighted by molar-refractivity contribution is -0.652. The van der Waals surface area contributed by atoms with Crippen LogP contribution in [0.4, 0.5) is 5.69 Å². The molecule has 216 valence electrons. The monoisotopic (exact) mass is 619 g/mol. The van der Waals surface area contributed by atoms with Gasteiger partial charge in [0, 0.05) is 24.6 Å². The predicted molar refractivity (Wildman–Crippen MR) is 167 cm³/mol. The van der Waals surface area contributed by atoms with Gasteiger partial charge in [-0.1, -0.05) is 53.7 Å². The average Bonchev–Trinajstić information content (AvgIpc) is 3.58. The molecule has 0 radical (unpaired) electrons. The Morgan fingerprint density at radius 1 is 1.00 bits per heavy atom. The molecule has 0 aliphatic carbocycles. The molecule has 5 aromatic rings. The Bertz CT molecular complexity index is 2090. The number of oxazole rings is 1. The number of allylic oxidation sites excluding steroid dienone is 1. The summed E-state index contributed by atoms with van der Waals surface area (Å²) in [7, 11) is -0.242. The lowest BCUT2D eigenvalue weighted by atomic mass is 10.2. The van der Waals surface area contributed by atoms with Crippen LogP contribution in [0.2, 0.25) is 0 Å². The van der Waals surface area contributed by atoms with E-state index >= 15 is 0 Å². The van der Waals surface area contributed by atoms with E-state index in [0.717, 1.165) is 32.2 Å². The van der Waals surface area contributed by atoms with Gasteiger partial charge in [0.05, 0.1) is 26.2 Å². The molecule has 3 aromatic carbocycles. The van der Waals surface area contributed by atoms with Crippen LogP contribution in [0.15, 0.2) is 103 Å². The lowest BCUT2D eigenvalue weighted by Gasteiger charge is -2.12.